The van der Waals surface area contributed by atoms with E-state index in [1.807, 2.05) is 12.1 Å². The maximum absolute atomic E-state index is 5.66. The number of benzene rings is 1. The van der Waals surface area contributed by atoms with E-state index in [0.717, 1.165) is 18.0 Å². The van der Waals surface area contributed by atoms with E-state index in [9.17, 15) is 0 Å². The van der Waals surface area contributed by atoms with E-state index < -0.39 is 0 Å². The Kier molecular flexibility index (Phi) is 4.72. The SMILES string of the molecule is CN(Cc1cccc(C(N)=S)c1)CC1CCCC1. The molecule has 0 aromatic heterocycles. The van der Waals surface area contributed by atoms with Crippen LogP contribution in [0.2, 0.25) is 0 Å². The van der Waals surface area contributed by atoms with Crippen molar-refractivity contribution in [3.8, 4) is 0 Å². The Morgan fingerprint density at radius 1 is 1.39 bits per heavy atom. The quantitative estimate of drug-likeness (QED) is 0.827. The van der Waals surface area contributed by atoms with Gasteiger partial charge in [0.15, 0.2) is 0 Å². The van der Waals surface area contributed by atoms with Crippen LogP contribution in [0.4, 0.5) is 0 Å². The Balaban J connectivity index is 1.91. The van der Waals surface area contributed by atoms with Crippen LogP contribution in [0.3, 0.4) is 0 Å². The number of nitrogens with two attached hydrogens (primary N) is 1. The molecule has 98 valence electrons. The highest BCUT2D eigenvalue weighted by atomic mass is 32.1. The molecule has 2 rings (SSSR count). The highest BCUT2D eigenvalue weighted by molar-refractivity contribution is 7.80. The number of thiocarbonyl (C=S) groups is 1. The van der Waals surface area contributed by atoms with Crippen molar-refractivity contribution in [3.63, 3.8) is 0 Å². The van der Waals surface area contributed by atoms with Crippen LogP contribution in [0.25, 0.3) is 0 Å². The van der Waals surface area contributed by atoms with Crippen LogP contribution >= 0.6 is 12.2 Å². The van der Waals surface area contributed by atoms with E-state index in [1.165, 1.54) is 37.8 Å². The minimum atomic E-state index is 0.482. The molecule has 2 N–H and O–H groups in total. The molecular formula is C15H22N2S. The molecule has 0 bridgehead atoms. The number of nitrogens with zero attached hydrogens (tertiary/aromatic N) is 1. The third kappa shape index (κ3) is 3.79. The van der Waals surface area contributed by atoms with Crippen molar-refractivity contribution in [3.05, 3.63) is 35.4 Å². The molecule has 0 heterocycles. The van der Waals surface area contributed by atoms with Gasteiger partial charge in [0.05, 0.1) is 0 Å². The van der Waals surface area contributed by atoms with Gasteiger partial charge in [-0.2, -0.15) is 0 Å². The number of rotatable bonds is 5. The molecule has 0 amide bonds. The first-order valence-corrected chi connectivity index (χ1v) is 7.13. The first-order chi connectivity index (χ1) is 8.65. The Morgan fingerprint density at radius 3 is 2.78 bits per heavy atom. The molecule has 1 aliphatic carbocycles. The zero-order chi connectivity index (χ0) is 13.0. The third-order valence-corrected chi connectivity index (χ3v) is 3.94. The molecule has 3 heteroatoms. The van der Waals surface area contributed by atoms with Crippen molar-refractivity contribution < 1.29 is 0 Å². The minimum Gasteiger partial charge on any atom is -0.389 e. The fraction of sp³-hybridized carbons (Fsp3) is 0.533. The zero-order valence-corrected chi connectivity index (χ0v) is 11.9. The summed E-state index contributed by atoms with van der Waals surface area (Å²) in [4.78, 5) is 2.89. The molecule has 1 saturated carbocycles. The lowest BCUT2D eigenvalue weighted by molar-refractivity contribution is 0.271. The van der Waals surface area contributed by atoms with Gasteiger partial charge in [0.1, 0.15) is 4.99 Å². The summed E-state index contributed by atoms with van der Waals surface area (Å²) in [6, 6.07) is 8.26. The first-order valence-electron chi connectivity index (χ1n) is 6.72. The molecule has 0 unspecified atom stereocenters. The molecule has 1 aromatic rings. The lowest BCUT2D eigenvalue weighted by atomic mass is 10.1. The molecule has 0 radical (unpaired) electrons. The van der Waals surface area contributed by atoms with Crippen LogP contribution in [-0.4, -0.2) is 23.5 Å². The third-order valence-electron chi connectivity index (χ3n) is 3.71. The molecule has 0 atom stereocenters. The molecule has 0 spiro atoms. The predicted molar refractivity (Wildman–Crippen MR) is 80.6 cm³/mol. The molecule has 1 aliphatic rings. The highest BCUT2D eigenvalue weighted by Crippen LogP contribution is 2.25. The standard InChI is InChI=1S/C15H22N2S/c1-17(10-12-5-2-3-6-12)11-13-7-4-8-14(9-13)15(16)18/h4,7-9,12H,2-3,5-6,10-11H2,1H3,(H2,16,18). The van der Waals surface area contributed by atoms with E-state index in [1.54, 1.807) is 0 Å². The lowest BCUT2D eigenvalue weighted by Gasteiger charge is -2.21. The monoisotopic (exact) mass is 262 g/mol. The van der Waals surface area contributed by atoms with Gasteiger partial charge >= 0.3 is 0 Å². The van der Waals surface area contributed by atoms with E-state index in [4.69, 9.17) is 18.0 Å². The lowest BCUT2D eigenvalue weighted by Crippen LogP contribution is -2.24. The second kappa shape index (κ2) is 6.30. The van der Waals surface area contributed by atoms with E-state index in [-0.39, 0.29) is 0 Å². The van der Waals surface area contributed by atoms with Crippen LogP contribution in [0, 0.1) is 5.92 Å². The average molecular weight is 262 g/mol. The molecule has 1 aromatic carbocycles. The van der Waals surface area contributed by atoms with Crippen molar-refractivity contribution in [1.82, 2.24) is 4.90 Å². The Labute approximate surface area is 115 Å². The Hall–Kier alpha value is -0.930. The summed E-state index contributed by atoms with van der Waals surface area (Å²) in [6.07, 6.45) is 5.62. The number of hydrogen-bond donors (Lipinski definition) is 1. The van der Waals surface area contributed by atoms with Crippen LogP contribution in [0.1, 0.15) is 36.8 Å². The summed E-state index contributed by atoms with van der Waals surface area (Å²) in [5.41, 5.74) is 7.92. The summed E-state index contributed by atoms with van der Waals surface area (Å²) in [5.74, 6) is 0.897. The maximum atomic E-state index is 5.66. The summed E-state index contributed by atoms with van der Waals surface area (Å²) >= 11 is 5.02. The van der Waals surface area contributed by atoms with E-state index in [0.29, 0.717) is 4.99 Å². The van der Waals surface area contributed by atoms with Crippen LogP contribution in [0.15, 0.2) is 24.3 Å². The van der Waals surface area contributed by atoms with Gasteiger partial charge in [-0.3, -0.25) is 0 Å². The Bertz CT molecular complexity index is 411. The van der Waals surface area contributed by atoms with Gasteiger partial charge in [0.2, 0.25) is 0 Å². The van der Waals surface area contributed by atoms with Gasteiger partial charge in [-0.05, 0) is 37.4 Å². The van der Waals surface area contributed by atoms with E-state index >= 15 is 0 Å². The van der Waals surface area contributed by atoms with Crippen molar-refractivity contribution >= 4 is 17.2 Å². The van der Waals surface area contributed by atoms with Crippen LogP contribution in [0.5, 0.6) is 0 Å². The van der Waals surface area contributed by atoms with Crippen molar-refractivity contribution in [2.75, 3.05) is 13.6 Å². The minimum absolute atomic E-state index is 0.482. The summed E-state index contributed by atoms with van der Waals surface area (Å²) in [5, 5.41) is 0. The largest absolute Gasteiger partial charge is 0.389 e. The van der Waals surface area contributed by atoms with Gasteiger partial charge < -0.3 is 10.6 Å². The maximum Gasteiger partial charge on any atom is 0.103 e. The molecule has 1 fully saturated rings. The van der Waals surface area contributed by atoms with Crippen molar-refractivity contribution in [2.24, 2.45) is 11.7 Å². The van der Waals surface area contributed by atoms with Gasteiger partial charge in [0, 0.05) is 18.7 Å². The Morgan fingerprint density at radius 2 is 2.11 bits per heavy atom. The zero-order valence-electron chi connectivity index (χ0n) is 11.1. The van der Waals surface area contributed by atoms with Gasteiger partial charge in [-0.15, -0.1) is 0 Å². The molecular weight excluding hydrogens is 240 g/mol. The predicted octanol–water partition coefficient (Wildman–Crippen LogP) is 2.94. The second-order valence-corrected chi connectivity index (χ2v) is 5.85. The van der Waals surface area contributed by atoms with Crippen LogP contribution in [-0.2, 0) is 6.54 Å². The fourth-order valence-electron chi connectivity index (χ4n) is 2.83. The van der Waals surface area contributed by atoms with Crippen molar-refractivity contribution in [1.29, 1.82) is 0 Å². The molecule has 2 nitrogen and oxygen atoms in total. The molecule has 0 saturated heterocycles. The summed E-state index contributed by atoms with van der Waals surface area (Å²) in [7, 11) is 2.20. The van der Waals surface area contributed by atoms with Gasteiger partial charge in [-0.25, -0.2) is 0 Å². The number of hydrogen-bond acceptors (Lipinski definition) is 2. The van der Waals surface area contributed by atoms with Gasteiger partial charge in [0.25, 0.3) is 0 Å². The summed E-state index contributed by atoms with van der Waals surface area (Å²) in [6.45, 7) is 2.18. The first kappa shape index (κ1) is 13.5. The van der Waals surface area contributed by atoms with E-state index in [2.05, 4.69) is 24.1 Å². The fourth-order valence-corrected chi connectivity index (χ4v) is 2.96. The summed E-state index contributed by atoms with van der Waals surface area (Å²) < 4.78 is 0. The molecule has 0 aliphatic heterocycles. The van der Waals surface area contributed by atoms with Crippen LogP contribution < -0.4 is 5.73 Å². The smallest absolute Gasteiger partial charge is 0.103 e. The second-order valence-electron chi connectivity index (χ2n) is 5.41. The van der Waals surface area contributed by atoms with Gasteiger partial charge in [-0.1, -0.05) is 43.3 Å². The topological polar surface area (TPSA) is 29.3 Å². The highest BCUT2D eigenvalue weighted by Gasteiger charge is 2.16. The van der Waals surface area contributed by atoms with Crippen molar-refractivity contribution in [2.45, 2.75) is 32.2 Å². The normalized spacial score (nSPS) is 16.3. The molecule has 18 heavy (non-hydrogen) atoms. The average Bonchev–Trinajstić information content (AvgIpc) is 2.82.